The highest BCUT2D eigenvalue weighted by molar-refractivity contribution is 5.92. The number of carbonyl (C=O) groups excluding carboxylic acids is 1. The summed E-state index contributed by atoms with van der Waals surface area (Å²) in [5, 5.41) is 13.9. The largest absolute Gasteiger partial charge is 0.361 e. The summed E-state index contributed by atoms with van der Waals surface area (Å²) in [6.45, 7) is 1.91. The maximum absolute atomic E-state index is 13.2. The van der Waals surface area contributed by atoms with Crippen molar-refractivity contribution in [2.75, 3.05) is 6.54 Å². The molecular weight excluding hydrogens is 305 g/mol. The first-order valence-electron chi connectivity index (χ1n) is 6.79. The second-order valence-electron chi connectivity index (χ2n) is 4.86. The molecule has 1 aromatic carbocycles. The molecule has 3 aromatic rings. The summed E-state index contributed by atoms with van der Waals surface area (Å²) < 4.78 is 19.1. The van der Waals surface area contributed by atoms with E-state index in [1.165, 1.54) is 18.2 Å². The lowest BCUT2D eigenvalue weighted by Gasteiger charge is -2.05. The van der Waals surface area contributed by atoms with Gasteiger partial charge in [0.05, 0.1) is 11.9 Å². The topological polar surface area (TPSA) is 103 Å². The van der Waals surface area contributed by atoms with Crippen molar-refractivity contribution in [2.24, 2.45) is 0 Å². The summed E-state index contributed by atoms with van der Waals surface area (Å²) in [5.41, 5.74) is -0.00250. The van der Waals surface area contributed by atoms with Crippen LogP contribution in [0.4, 0.5) is 4.39 Å². The summed E-state index contributed by atoms with van der Waals surface area (Å²) in [4.78, 5) is 24.0. The van der Waals surface area contributed by atoms with Gasteiger partial charge in [-0.15, -0.1) is 5.10 Å². The Morgan fingerprint density at radius 1 is 1.39 bits per heavy atom. The Hall–Kier alpha value is -3.10. The number of aryl methyl sites for hydroxylation is 1. The predicted octanol–water partition coefficient (Wildman–Crippen LogP) is 0.657. The molecule has 0 spiro atoms. The van der Waals surface area contributed by atoms with Crippen molar-refractivity contribution in [3.05, 3.63) is 51.9 Å². The van der Waals surface area contributed by atoms with Crippen LogP contribution in [-0.2, 0) is 6.54 Å². The Bertz CT molecular complexity index is 934. The van der Waals surface area contributed by atoms with E-state index in [0.717, 1.165) is 10.7 Å². The van der Waals surface area contributed by atoms with Gasteiger partial charge in [-0.3, -0.25) is 9.59 Å². The minimum atomic E-state index is -0.524. The zero-order valence-electron chi connectivity index (χ0n) is 12.1. The molecule has 23 heavy (non-hydrogen) atoms. The molecular formula is C14H12FN5O3. The number of benzene rings is 1. The monoisotopic (exact) mass is 317 g/mol. The van der Waals surface area contributed by atoms with Crippen LogP contribution in [0, 0.1) is 12.7 Å². The minimum Gasteiger partial charge on any atom is -0.361 e. The first-order valence-corrected chi connectivity index (χ1v) is 6.79. The van der Waals surface area contributed by atoms with Crippen LogP contribution >= 0.6 is 0 Å². The highest BCUT2D eigenvalue weighted by Gasteiger charge is 2.11. The van der Waals surface area contributed by atoms with Crippen molar-refractivity contribution < 1.29 is 13.7 Å². The van der Waals surface area contributed by atoms with Gasteiger partial charge in [-0.2, -0.15) is 0 Å². The summed E-state index contributed by atoms with van der Waals surface area (Å²) in [7, 11) is 0. The second-order valence-corrected chi connectivity index (χ2v) is 4.86. The van der Waals surface area contributed by atoms with Crippen LogP contribution in [0.1, 0.15) is 16.2 Å². The minimum absolute atomic E-state index is 0.0981. The molecule has 0 radical (unpaired) electrons. The zero-order valence-corrected chi connectivity index (χ0v) is 12.1. The van der Waals surface area contributed by atoms with Crippen molar-refractivity contribution >= 4 is 16.8 Å². The number of hydrogen-bond acceptors (Lipinski definition) is 6. The van der Waals surface area contributed by atoms with Gasteiger partial charge in [-0.25, -0.2) is 9.07 Å². The van der Waals surface area contributed by atoms with Crippen LogP contribution in [0.15, 0.2) is 33.6 Å². The third kappa shape index (κ3) is 3.07. The molecule has 0 fully saturated rings. The van der Waals surface area contributed by atoms with E-state index >= 15 is 0 Å². The van der Waals surface area contributed by atoms with E-state index in [1.54, 1.807) is 6.92 Å². The van der Waals surface area contributed by atoms with Gasteiger partial charge in [0.15, 0.2) is 5.69 Å². The summed E-state index contributed by atoms with van der Waals surface area (Å²) in [6.07, 6.45) is 0. The number of nitrogens with one attached hydrogen (secondary N) is 1. The Morgan fingerprint density at radius 2 is 2.22 bits per heavy atom. The highest BCUT2D eigenvalue weighted by atomic mass is 19.1. The number of fused-ring (bicyclic) bond motifs is 1. The van der Waals surface area contributed by atoms with E-state index in [9.17, 15) is 14.0 Å². The second kappa shape index (κ2) is 5.95. The molecule has 118 valence electrons. The maximum atomic E-state index is 13.2. The number of nitrogens with zero attached hydrogens (tertiary/aromatic N) is 4. The van der Waals surface area contributed by atoms with E-state index in [2.05, 4.69) is 20.8 Å². The molecule has 8 nitrogen and oxygen atoms in total. The molecule has 2 aromatic heterocycles. The van der Waals surface area contributed by atoms with Gasteiger partial charge in [0.2, 0.25) is 0 Å². The van der Waals surface area contributed by atoms with Crippen LogP contribution in [0.25, 0.3) is 10.9 Å². The van der Waals surface area contributed by atoms with Crippen LogP contribution < -0.4 is 10.9 Å². The number of aromatic nitrogens is 4. The molecule has 0 saturated heterocycles. The fourth-order valence-electron chi connectivity index (χ4n) is 2.03. The van der Waals surface area contributed by atoms with Crippen molar-refractivity contribution in [1.82, 2.24) is 25.5 Å². The Kier molecular flexibility index (Phi) is 3.83. The van der Waals surface area contributed by atoms with Crippen LogP contribution in [0.3, 0.4) is 0 Å². The van der Waals surface area contributed by atoms with E-state index < -0.39 is 17.3 Å². The summed E-state index contributed by atoms with van der Waals surface area (Å²) >= 11 is 0. The lowest BCUT2D eigenvalue weighted by atomic mass is 10.2. The molecule has 0 aliphatic carbocycles. The molecule has 3 rings (SSSR count). The maximum Gasteiger partial charge on any atom is 0.277 e. The predicted molar refractivity (Wildman–Crippen MR) is 77.3 cm³/mol. The quantitative estimate of drug-likeness (QED) is 0.758. The van der Waals surface area contributed by atoms with Gasteiger partial charge >= 0.3 is 0 Å². The Balaban J connectivity index is 1.71. The van der Waals surface area contributed by atoms with E-state index in [1.807, 2.05) is 0 Å². The Labute approximate surface area is 128 Å². The number of carbonyl (C=O) groups is 1. The van der Waals surface area contributed by atoms with Crippen molar-refractivity contribution in [2.45, 2.75) is 13.5 Å². The first kappa shape index (κ1) is 14.8. The average Bonchev–Trinajstić information content (AvgIpc) is 2.96. The highest BCUT2D eigenvalue weighted by Crippen LogP contribution is 2.07. The molecule has 9 heteroatoms. The fraction of sp³-hybridized carbons (Fsp3) is 0.214. The van der Waals surface area contributed by atoms with E-state index in [0.29, 0.717) is 11.3 Å². The van der Waals surface area contributed by atoms with E-state index in [-0.39, 0.29) is 24.2 Å². The normalized spacial score (nSPS) is 10.9. The molecule has 2 heterocycles. The molecule has 0 atom stereocenters. The average molecular weight is 317 g/mol. The molecule has 1 N–H and O–H groups in total. The molecule has 0 bridgehead atoms. The number of amides is 1. The smallest absolute Gasteiger partial charge is 0.277 e. The number of hydrogen-bond donors (Lipinski definition) is 1. The van der Waals surface area contributed by atoms with Gasteiger partial charge in [0, 0.05) is 12.6 Å². The first-order chi connectivity index (χ1) is 11.0. The van der Waals surface area contributed by atoms with Crippen molar-refractivity contribution in [3.63, 3.8) is 0 Å². The third-order valence-corrected chi connectivity index (χ3v) is 3.15. The third-order valence-electron chi connectivity index (χ3n) is 3.15. The van der Waals surface area contributed by atoms with Crippen molar-refractivity contribution in [1.29, 1.82) is 0 Å². The molecule has 0 saturated carbocycles. The standard InChI is InChI=1S/C14H12FN5O3/c1-8-6-12(18-23-8)13(21)16-4-5-20-14(22)10-7-9(15)2-3-11(10)17-19-20/h2-3,6-7H,4-5H2,1H3,(H,16,21). The fourth-order valence-corrected chi connectivity index (χ4v) is 2.03. The van der Waals surface area contributed by atoms with Gasteiger partial charge in [-0.05, 0) is 25.1 Å². The molecule has 1 amide bonds. The van der Waals surface area contributed by atoms with Crippen molar-refractivity contribution in [3.8, 4) is 0 Å². The SMILES string of the molecule is Cc1cc(C(=O)NCCn2nnc3ccc(F)cc3c2=O)no1. The van der Waals surface area contributed by atoms with Gasteiger partial charge in [0.1, 0.15) is 17.1 Å². The van der Waals surface area contributed by atoms with E-state index in [4.69, 9.17) is 4.52 Å². The van der Waals surface area contributed by atoms with Crippen LogP contribution in [-0.4, -0.2) is 32.6 Å². The molecule has 0 aliphatic rings. The number of halogens is 1. The summed E-state index contributed by atoms with van der Waals surface area (Å²) in [6, 6.07) is 5.21. The zero-order chi connectivity index (χ0) is 16.4. The lowest BCUT2D eigenvalue weighted by Crippen LogP contribution is -2.32. The lowest BCUT2D eigenvalue weighted by molar-refractivity contribution is 0.0942. The molecule has 0 unspecified atom stereocenters. The number of rotatable bonds is 4. The van der Waals surface area contributed by atoms with Gasteiger partial charge < -0.3 is 9.84 Å². The van der Waals surface area contributed by atoms with Gasteiger partial charge in [-0.1, -0.05) is 10.4 Å². The van der Waals surface area contributed by atoms with Gasteiger partial charge in [0.25, 0.3) is 11.5 Å². The van der Waals surface area contributed by atoms with Crippen LogP contribution in [0.5, 0.6) is 0 Å². The Morgan fingerprint density at radius 3 is 2.96 bits per heavy atom. The summed E-state index contributed by atoms with van der Waals surface area (Å²) in [5.74, 6) is -0.424. The van der Waals surface area contributed by atoms with Crippen LogP contribution in [0.2, 0.25) is 0 Å². The molecule has 0 aliphatic heterocycles.